The lowest BCUT2D eigenvalue weighted by Gasteiger charge is -1.94. The number of halogens is 1. The molecule has 0 fully saturated rings. The highest BCUT2D eigenvalue weighted by Crippen LogP contribution is 2.20. The summed E-state index contributed by atoms with van der Waals surface area (Å²) in [7, 11) is 0. The number of hydrogen-bond donors (Lipinski definition) is 1. The lowest BCUT2D eigenvalue weighted by molar-refractivity contribution is -0.137. The summed E-state index contributed by atoms with van der Waals surface area (Å²) in [6.07, 6.45) is 1.03. The van der Waals surface area contributed by atoms with Crippen LogP contribution in [0.5, 0.6) is 0 Å². The van der Waals surface area contributed by atoms with Gasteiger partial charge in [0.05, 0.1) is 0 Å². The predicted molar refractivity (Wildman–Crippen MR) is 65.3 cm³/mol. The molecule has 0 aliphatic carbocycles. The highest BCUT2D eigenvalue weighted by Gasteiger charge is 2.09. The van der Waals surface area contributed by atoms with Gasteiger partial charge in [0.15, 0.2) is 0 Å². The first-order valence-corrected chi connectivity index (χ1v) is 5.83. The van der Waals surface area contributed by atoms with E-state index in [1.807, 2.05) is 6.07 Å². The van der Waals surface area contributed by atoms with Crippen molar-refractivity contribution in [2.45, 2.75) is 19.3 Å². The van der Waals surface area contributed by atoms with Crippen molar-refractivity contribution in [1.29, 1.82) is 0 Å². The molecule has 0 saturated carbocycles. The topological polar surface area (TPSA) is 76.2 Å². The molecule has 1 aromatic heterocycles. The number of benzene rings is 1. The maximum atomic E-state index is 10.4. The van der Waals surface area contributed by atoms with Crippen molar-refractivity contribution in [3.05, 3.63) is 35.2 Å². The second kappa shape index (κ2) is 5.64. The second-order valence-electron chi connectivity index (χ2n) is 3.77. The zero-order chi connectivity index (χ0) is 13.0. The van der Waals surface area contributed by atoms with Crippen molar-refractivity contribution in [2.24, 2.45) is 0 Å². The smallest absolute Gasteiger partial charge is 0.303 e. The highest BCUT2D eigenvalue weighted by molar-refractivity contribution is 6.30. The maximum Gasteiger partial charge on any atom is 0.303 e. The normalized spacial score (nSPS) is 10.5. The molecule has 2 aromatic rings. The van der Waals surface area contributed by atoms with Crippen LogP contribution in [-0.2, 0) is 11.2 Å². The van der Waals surface area contributed by atoms with Crippen LogP contribution in [0.2, 0.25) is 5.02 Å². The van der Waals surface area contributed by atoms with Crippen molar-refractivity contribution in [3.63, 3.8) is 0 Å². The van der Waals surface area contributed by atoms with E-state index in [1.54, 1.807) is 18.2 Å². The molecule has 0 unspecified atom stereocenters. The van der Waals surface area contributed by atoms with Crippen LogP contribution in [0.4, 0.5) is 0 Å². The molecule has 0 spiro atoms. The summed E-state index contributed by atoms with van der Waals surface area (Å²) in [5.41, 5.74) is 0.774. The lowest BCUT2D eigenvalue weighted by Crippen LogP contribution is -1.95. The lowest BCUT2D eigenvalue weighted by atomic mass is 10.2. The molecule has 0 aliphatic rings. The minimum absolute atomic E-state index is 0.0921. The summed E-state index contributed by atoms with van der Waals surface area (Å²) in [5.74, 6) is 0.0682. The summed E-state index contributed by atoms with van der Waals surface area (Å²) in [6, 6.07) is 7.14. The minimum Gasteiger partial charge on any atom is -0.481 e. The Hall–Kier alpha value is -1.88. The Morgan fingerprint density at radius 1 is 1.44 bits per heavy atom. The Balaban J connectivity index is 2.04. The van der Waals surface area contributed by atoms with Crippen molar-refractivity contribution in [1.82, 2.24) is 10.1 Å². The standard InChI is InChI=1S/C12H11ClN2O3/c13-9-4-1-3-8(7-9)12-14-10(18-15-12)5-2-6-11(16)17/h1,3-4,7H,2,5-6H2,(H,16,17). The minimum atomic E-state index is -0.829. The Morgan fingerprint density at radius 2 is 2.28 bits per heavy atom. The van der Waals surface area contributed by atoms with Crippen molar-refractivity contribution >= 4 is 17.6 Å². The molecule has 0 atom stereocenters. The van der Waals surface area contributed by atoms with E-state index in [0.29, 0.717) is 29.6 Å². The number of aryl methyl sites for hydroxylation is 1. The van der Waals surface area contributed by atoms with E-state index >= 15 is 0 Å². The van der Waals surface area contributed by atoms with Crippen LogP contribution in [0.3, 0.4) is 0 Å². The van der Waals surface area contributed by atoms with Crippen LogP contribution < -0.4 is 0 Å². The first-order valence-electron chi connectivity index (χ1n) is 5.45. The van der Waals surface area contributed by atoms with Gasteiger partial charge in [-0.25, -0.2) is 0 Å². The Labute approximate surface area is 108 Å². The van der Waals surface area contributed by atoms with Gasteiger partial charge in [-0.1, -0.05) is 28.9 Å². The Morgan fingerprint density at radius 3 is 3.00 bits per heavy atom. The fourth-order valence-electron chi connectivity index (χ4n) is 1.49. The van der Waals surface area contributed by atoms with E-state index in [1.165, 1.54) is 0 Å². The van der Waals surface area contributed by atoms with E-state index in [4.69, 9.17) is 21.2 Å². The largest absolute Gasteiger partial charge is 0.481 e. The first-order chi connectivity index (χ1) is 8.65. The number of nitrogens with zero attached hydrogens (tertiary/aromatic N) is 2. The monoisotopic (exact) mass is 266 g/mol. The van der Waals surface area contributed by atoms with Gasteiger partial charge in [0.25, 0.3) is 0 Å². The molecule has 94 valence electrons. The molecule has 0 saturated heterocycles. The summed E-state index contributed by atoms with van der Waals surface area (Å²) in [5, 5.41) is 13.0. The van der Waals surface area contributed by atoms with Crippen molar-refractivity contribution in [3.8, 4) is 11.4 Å². The maximum absolute atomic E-state index is 10.4. The SMILES string of the molecule is O=C(O)CCCc1nc(-c2cccc(Cl)c2)no1. The number of aromatic nitrogens is 2. The number of carboxylic acids is 1. The van der Waals surface area contributed by atoms with Crippen LogP contribution in [0, 0.1) is 0 Å². The van der Waals surface area contributed by atoms with E-state index in [0.717, 1.165) is 5.56 Å². The average molecular weight is 267 g/mol. The summed E-state index contributed by atoms with van der Waals surface area (Å²) in [6.45, 7) is 0. The van der Waals surface area contributed by atoms with Gasteiger partial charge >= 0.3 is 5.97 Å². The molecule has 0 radical (unpaired) electrons. The molecule has 0 bridgehead atoms. The predicted octanol–water partition coefficient (Wildman–Crippen LogP) is 2.80. The number of aliphatic carboxylic acids is 1. The van der Waals surface area contributed by atoms with Crippen LogP contribution >= 0.6 is 11.6 Å². The third-order valence-corrected chi connectivity index (χ3v) is 2.57. The van der Waals surface area contributed by atoms with E-state index in [9.17, 15) is 4.79 Å². The Kier molecular flexibility index (Phi) is 3.94. The van der Waals surface area contributed by atoms with Gasteiger partial charge < -0.3 is 9.63 Å². The number of carboxylic acid groups (broad SMARTS) is 1. The molecular weight excluding hydrogens is 256 g/mol. The zero-order valence-electron chi connectivity index (χ0n) is 9.47. The van der Waals surface area contributed by atoms with Gasteiger partial charge in [-0.3, -0.25) is 4.79 Å². The van der Waals surface area contributed by atoms with Gasteiger partial charge in [-0.15, -0.1) is 0 Å². The van der Waals surface area contributed by atoms with Crippen LogP contribution in [0.25, 0.3) is 11.4 Å². The van der Waals surface area contributed by atoms with Gasteiger partial charge in [-0.2, -0.15) is 4.98 Å². The molecule has 18 heavy (non-hydrogen) atoms. The third kappa shape index (κ3) is 3.30. The molecule has 0 aliphatic heterocycles. The zero-order valence-corrected chi connectivity index (χ0v) is 10.2. The molecule has 5 nitrogen and oxygen atoms in total. The van der Waals surface area contributed by atoms with Gasteiger partial charge in [-0.05, 0) is 18.6 Å². The molecule has 2 rings (SSSR count). The van der Waals surface area contributed by atoms with Crippen molar-refractivity contribution in [2.75, 3.05) is 0 Å². The molecular formula is C12H11ClN2O3. The van der Waals surface area contributed by atoms with Crippen molar-refractivity contribution < 1.29 is 14.4 Å². The fourth-order valence-corrected chi connectivity index (χ4v) is 1.68. The Bertz CT molecular complexity index is 554. The number of carbonyl (C=O) groups is 1. The second-order valence-corrected chi connectivity index (χ2v) is 4.21. The van der Waals surface area contributed by atoms with Gasteiger partial charge in [0.2, 0.25) is 11.7 Å². The molecule has 1 heterocycles. The molecule has 1 aromatic carbocycles. The summed E-state index contributed by atoms with van der Waals surface area (Å²) >= 11 is 5.87. The molecule has 1 N–H and O–H groups in total. The van der Waals surface area contributed by atoms with Crippen LogP contribution in [0.15, 0.2) is 28.8 Å². The number of hydrogen-bond acceptors (Lipinski definition) is 4. The van der Waals surface area contributed by atoms with E-state index < -0.39 is 5.97 Å². The molecule has 0 amide bonds. The highest BCUT2D eigenvalue weighted by atomic mass is 35.5. The molecule has 6 heteroatoms. The summed E-state index contributed by atoms with van der Waals surface area (Å²) in [4.78, 5) is 14.6. The van der Waals surface area contributed by atoms with E-state index in [2.05, 4.69) is 10.1 Å². The summed E-state index contributed by atoms with van der Waals surface area (Å²) < 4.78 is 5.04. The fraction of sp³-hybridized carbons (Fsp3) is 0.250. The quantitative estimate of drug-likeness (QED) is 0.900. The van der Waals surface area contributed by atoms with Gasteiger partial charge in [0, 0.05) is 23.4 Å². The third-order valence-electron chi connectivity index (χ3n) is 2.33. The van der Waals surface area contributed by atoms with Gasteiger partial charge in [0.1, 0.15) is 0 Å². The van der Waals surface area contributed by atoms with E-state index in [-0.39, 0.29) is 6.42 Å². The van der Waals surface area contributed by atoms with Crippen LogP contribution in [0.1, 0.15) is 18.7 Å². The average Bonchev–Trinajstić information content (AvgIpc) is 2.77. The van der Waals surface area contributed by atoms with Crippen LogP contribution in [-0.4, -0.2) is 21.2 Å². The first kappa shape index (κ1) is 12.6. The number of rotatable bonds is 5.